The van der Waals surface area contributed by atoms with Crippen LogP contribution in [-0.2, 0) is 11.8 Å². The van der Waals surface area contributed by atoms with Crippen LogP contribution in [0.1, 0.15) is 35.4 Å². The van der Waals surface area contributed by atoms with Crippen molar-refractivity contribution in [3.05, 3.63) is 63.0 Å². The van der Waals surface area contributed by atoms with E-state index in [9.17, 15) is 0 Å². The standard InChI is InChI=1S/C22H15ClS/c1-22(2)17-10-8-13(23)12-16(17)20-18(22)11-9-15-14-6-4-3-5-7-19(14)24-21(15)20/h5,7-12H,6H2,1-2H3. The summed E-state index contributed by atoms with van der Waals surface area (Å²) in [6.07, 6.45) is 4.95. The molecular weight excluding hydrogens is 332 g/mol. The van der Waals surface area contributed by atoms with Crippen molar-refractivity contribution >= 4 is 39.1 Å². The van der Waals surface area contributed by atoms with Gasteiger partial charge in [0.25, 0.3) is 0 Å². The van der Waals surface area contributed by atoms with Gasteiger partial charge in [-0.25, -0.2) is 0 Å². The maximum Gasteiger partial charge on any atom is 0.0434 e. The predicted molar refractivity (Wildman–Crippen MR) is 105 cm³/mol. The minimum absolute atomic E-state index is 0.0144. The highest BCUT2D eigenvalue weighted by atomic mass is 35.5. The van der Waals surface area contributed by atoms with E-state index in [-0.39, 0.29) is 5.41 Å². The highest BCUT2D eigenvalue weighted by molar-refractivity contribution is 7.20. The van der Waals surface area contributed by atoms with E-state index >= 15 is 0 Å². The predicted octanol–water partition coefficient (Wildman–Crippen LogP) is 6.43. The molecule has 0 nitrogen and oxygen atoms in total. The van der Waals surface area contributed by atoms with Crippen molar-refractivity contribution in [2.24, 2.45) is 0 Å². The van der Waals surface area contributed by atoms with Crippen molar-refractivity contribution in [1.82, 2.24) is 0 Å². The Morgan fingerprint density at radius 1 is 1.12 bits per heavy atom. The molecule has 2 heteroatoms. The second-order valence-electron chi connectivity index (χ2n) is 6.96. The number of hydrogen-bond donors (Lipinski definition) is 0. The summed E-state index contributed by atoms with van der Waals surface area (Å²) in [6.45, 7) is 4.61. The lowest BCUT2D eigenvalue weighted by molar-refractivity contribution is 0.661. The molecule has 0 unspecified atom stereocenters. The fourth-order valence-corrected chi connectivity index (χ4v) is 5.52. The Kier molecular flexibility index (Phi) is 2.84. The third kappa shape index (κ3) is 1.76. The van der Waals surface area contributed by atoms with Gasteiger partial charge in [-0.2, -0.15) is 0 Å². The minimum Gasteiger partial charge on any atom is -0.135 e. The number of fused-ring (bicyclic) bond motifs is 7. The third-order valence-electron chi connectivity index (χ3n) is 5.28. The van der Waals surface area contributed by atoms with E-state index in [2.05, 4.69) is 56.0 Å². The molecule has 0 aliphatic heterocycles. The minimum atomic E-state index is 0.0144. The van der Waals surface area contributed by atoms with Gasteiger partial charge in [-0.05, 0) is 51.9 Å². The Hall–Kier alpha value is -2.01. The highest BCUT2D eigenvalue weighted by Crippen LogP contribution is 2.53. The Bertz CT molecular complexity index is 1120. The molecule has 0 saturated heterocycles. The Morgan fingerprint density at radius 3 is 2.83 bits per heavy atom. The molecule has 0 saturated carbocycles. The number of benzene rings is 2. The summed E-state index contributed by atoms with van der Waals surface area (Å²) in [6, 6.07) is 10.9. The first-order valence-corrected chi connectivity index (χ1v) is 9.31. The first-order chi connectivity index (χ1) is 11.6. The first-order valence-electron chi connectivity index (χ1n) is 8.11. The molecule has 116 valence electrons. The van der Waals surface area contributed by atoms with E-state index in [1.165, 1.54) is 42.8 Å². The summed E-state index contributed by atoms with van der Waals surface area (Å²) in [5, 5.41) is 2.15. The van der Waals surface area contributed by atoms with Gasteiger partial charge in [0, 0.05) is 32.0 Å². The lowest BCUT2D eigenvalue weighted by Crippen LogP contribution is -2.14. The van der Waals surface area contributed by atoms with Crippen molar-refractivity contribution in [3.63, 3.8) is 0 Å². The van der Waals surface area contributed by atoms with Crippen LogP contribution in [0, 0.1) is 11.8 Å². The van der Waals surface area contributed by atoms with Gasteiger partial charge in [0.05, 0.1) is 0 Å². The molecule has 3 aromatic rings. The number of allylic oxidation sites excluding steroid dienone is 1. The van der Waals surface area contributed by atoms with Crippen molar-refractivity contribution in [2.75, 3.05) is 0 Å². The molecule has 0 bridgehead atoms. The maximum absolute atomic E-state index is 6.33. The quantitative estimate of drug-likeness (QED) is 0.411. The van der Waals surface area contributed by atoms with Gasteiger partial charge >= 0.3 is 0 Å². The average molecular weight is 347 g/mol. The van der Waals surface area contributed by atoms with E-state index in [4.69, 9.17) is 11.6 Å². The number of hydrogen-bond acceptors (Lipinski definition) is 1. The monoisotopic (exact) mass is 346 g/mol. The van der Waals surface area contributed by atoms with E-state index in [1.807, 2.05) is 23.5 Å². The highest BCUT2D eigenvalue weighted by Gasteiger charge is 2.37. The Labute approximate surface area is 150 Å². The second-order valence-corrected chi connectivity index (χ2v) is 8.44. The summed E-state index contributed by atoms with van der Waals surface area (Å²) >= 11 is 8.21. The van der Waals surface area contributed by atoms with Gasteiger partial charge in [-0.3, -0.25) is 0 Å². The number of thiophene rings is 1. The molecule has 5 rings (SSSR count). The number of halogens is 1. The van der Waals surface area contributed by atoms with Crippen molar-refractivity contribution < 1.29 is 0 Å². The molecule has 0 fully saturated rings. The van der Waals surface area contributed by atoms with Crippen LogP contribution in [0.3, 0.4) is 0 Å². The topological polar surface area (TPSA) is 0 Å². The Balaban J connectivity index is 1.92. The normalized spacial score (nSPS) is 16.1. The van der Waals surface area contributed by atoms with Crippen LogP contribution < -0.4 is 0 Å². The van der Waals surface area contributed by atoms with E-state index in [1.54, 1.807) is 0 Å². The van der Waals surface area contributed by atoms with Crippen LogP contribution in [0.2, 0.25) is 5.02 Å². The maximum atomic E-state index is 6.33. The molecule has 0 spiro atoms. The van der Waals surface area contributed by atoms with Crippen molar-refractivity contribution in [1.29, 1.82) is 0 Å². The fraction of sp³-hybridized carbons (Fsp3) is 0.182. The molecule has 24 heavy (non-hydrogen) atoms. The molecule has 0 atom stereocenters. The summed E-state index contributed by atoms with van der Waals surface area (Å²) in [7, 11) is 0. The van der Waals surface area contributed by atoms with Gasteiger partial charge in [-0.1, -0.05) is 55.5 Å². The summed E-state index contributed by atoms with van der Waals surface area (Å²) in [4.78, 5) is 1.32. The molecule has 1 aromatic heterocycles. The summed E-state index contributed by atoms with van der Waals surface area (Å²) in [5.74, 6) is 6.33. The Morgan fingerprint density at radius 2 is 1.96 bits per heavy atom. The van der Waals surface area contributed by atoms with Crippen LogP contribution >= 0.6 is 22.9 Å². The van der Waals surface area contributed by atoms with Gasteiger partial charge in [0.15, 0.2) is 0 Å². The molecule has 1 heterocycles. The van der Waals surface area contributed by atoms with Crippen LogP contribution in [0.4, 0.5) is 0 Å². The van der Waals surface area contributed by atoms with Gasteiger partial charge in [0.2, 0.25) is 0 Å². The van der Waals surface area contributed by atoms with E-state index in [0.29, 0.717) is 0 Å². The average Bonchev–Trinajstić information content (AvgIpc) is 2.88. The fourth-order valence-electron chi connectivity index (χ4n) is 4.06. The smallest absolute Gasteiger partial charge is 0.0434 e. The van der Waals surface area contributed by atoms with E-state index in [0.717, 1.165) is 11.4 Å². The van der Waals surface area contributed by atoms with Crippen LogP contribution in [0.5, 0.6) is 0 Å². The van der Waals surface area contributed by atoms with Gasteiger partial charge < -0.3 is 0 Å². The summed E-state index contributed by atoms with van der Waals surface area (Å²) in [5.41, 5.74) is 6.81. The zero-order valence-electron chi connectivity index (χ0n) is 13.5. The number of rotatable bonds is 0. The lowest BCUT2D eigenvalue weighted by atomic mass is 9.82. The van der Waals surface area contributed by atoms with Crippen LogP contribution in [0.15, 0.2) is 36.4 Å². The SMILES string of the molecule is CC1(C)c2ccc(Cl)cc2-c2c1ccc1c3c(sc21)C=CC#CC3. The molecule has 2 aliphatic carbocycles. The van der Waals surface area contributed by atoms with Crippen LogP contribution in [-0.4, -0.2) is 0 Å². The van der Waals surface area contributed by atoms with Crippen molar-refractivity contribution in [2.45, 2.75) is 25.7 Å². The first kappa shape index (κ1) is 14.3. The zero-order chi connectivity index (χ0) is 16.5. The summed E-state index contributed by atoms with van der Waals surface area (Å²) < 4.78 is 1.37. The molecule has 2 aliphatic rings. The van der Waals surface area contributed by atoms with Crippen LogP contribution in [0.25, 0.3) is 27.3 Å². The third-order valence-corrected chi connectivity index (χ3v) is 6.74. The largest absolute Gasteiger partial charge is 0.135 e. The van der Waals surface area contributed by atoms with Gasteiger partial charge in [0.1, 0.15) is 0 Å². The van der Waals surface area contributed by atoms with E-state index < -0.39 is 0 Å². The lowest BCUT2D eigenvalue weighted by Gasteiger charge is -2.21. The molecule has 0 N–H and O–H groups in total. The molecule has 0 radical (unpaired) electrons. The van der Waals surface area contributed by atoms with Crippen molar-refractivity contribution in [3.8, 4) is 23.0 Å². The molecule has 2 aromatic carbocycles. The van der Waals surface area contributed by atoms with Gasteiger partial charge in [-0.15, -0.1) is 11.3 Å². The molecule has 0 amide bonds. The molecular formula is C22H15ClS. The second kappa shape index (κ2) is 4.76. The zero-order valence-corrected chi connectivity index (χ0v) is 15.1.